The van der Waals surface area contributed by atoms with E-state index in [9.17, 15) is 0 Å². The van der Waals surface area contributed by atoms with Gasteiger partial charge in [-0.25, -0.2) is 0 Å². The quantitative estimate of drug-likeness (QED) is 0.533. The van der Waals surface area contributed by atoms with Gasteiger partial charge in [-0.05, 0) is 18.9 Å². The summed E-state index contributed by atoms with van der Waals surface area (Å²) in [5.74, 6) is 0. The van der Waals surface area contributed by atoms with Crippen molar-refractivity contribution < 1.29 is 0 Å². The molecule has 0 aromatic rings. The second-order valence-electron chi connectivity index (χ2n) is 4.03. The Morgan fingerprint density at radius 1 is 0.450 bits per heavy atom. The molecule has 0 saturated carbocycles. The zero-order chi connectivity index (χ0) is 14.1. The highest BCUT2D eigenvalue weighted by atomic mass is 13.8. The van der Waals surface area contributed by atoms with Crippen molar-refractivity contribution in [3.63, 3.8) is 0 Å². The van der Waals surface area contributed by atoms with Crippen LogP contribution < -0.4 is 0 Å². The number of rotatable bonds is 0. The first-order valence-electron chi connectivity index (χ1n) is 6.88. The third kappa shape index (κ3) is 10.8. The third-order valence-corrected chi connectivity index (χ3v) is 2.36. The van der Waals surface area contributed by atoms with E-state index in [1.807, 2.05) is 91.1 Å². The summed E-state index contributed by atoms with van der Waals surface area (Å²) in [6, 6.07) is 0. The molecule has 0 N–H and O–H groups in total. The van der Waals surface area contributed by atoms with Crippen LogP contribution in [0.5, 0.6) is 0 Å². The van der Waals surface area contributed by atoms with Gasteiger partial charge in [0, 0.05) is 0 Å². The van der Waals surface area contributed by atoms with E-state index in [0.29, 0.717) is 0 Å². The van der Waals surface area contributed by atoms with E-state index in [2.05, 4.69) is 18.2 Å². The summed E-state index contributed by atoms with van der Waals surface area (Å²) in [6.07, 6.45) is 39.5. The van der Waals surface area contributed by atoms with Crippen LogP contribution in [0.25, 0.3) is 0 Å². The Morgan fingerprint density at radius 3 is 1.35 bits per heavy atom. The zero-order valence-corrected chi connectivity index (χ0v) is 11.7. The maximum Gasteiger partial charge on any atom is -0.0241 e. The van der Waals surface area contributed by atoms with E-state index in [1.54, 1.807) is 0 Å². The van der Waals surface area contributed by atoms with E-state index >= 15 is 0 Å². The Bertz CT molecular complexity index is 440. The molecule has 0 bridgehead atoms. The predicted molar refractivity (Wildman–Crippen MR) is 90.2 cm³/mol. The summed E-state index contributed by atoms with van der Waals surface area (Å²) in [5.41, 5.74) is 0. The van der Waals surface area contributed by atoms with Crippen molar-refractivity contribution >= 4 is 0 Å². The molecule has 0 nitrogen and oxygen atoms in total. The van der Waals surface area contributed by atoms with Crippen molar-refractivity contribution in [1.29, 1.82) is 0 Å². The van der Waals surface area contributed by atoms with Crippen molar-refractivity contribution in [1.82, 2.24) is 0 Å². The predicted octanol–water partition coefficient (Wildman–Crippen LogP) is 5.59. The molecule has 1 aliphatic carbocycles. The fourth-order valence-corrected chi connectivity index (χ4v) is 1.38. The van der Waals surface area contributed by atoms with Crippen molar-refractivity contribution in [2.24, 2.45) is 0 Å². The van der Waals surface area contributed by atoms with Crippen LogP contribution in [0.1, 0.15) is 12.8 Å². The molecule has 1 aliphatic rings. The second-order valence-corrected chi connectivity index (χ2v) is 4.03. The highest BCUT2D eigenvalue weighted by Gasteiger charge is 1.74. The zero-order valence-electron chi connectivity index (χ0n) is 11.7. The van der Waals surface area contributed by atoms with Crippen LogP contribution in [0.3, 0.4) is 0 Å². The first-order chi connectivity index (χ1) is 10.0. The Labute approximate surface area is 122 Å². The molecule has 0 aromatic heterocycles. The van der Waals surface area contributed by atoms with Crippen LogP contribution in [0, 0.1) is 6.08 Å². The van der Waals surface area contributed by atoms with Gasteiger partial charge in [0.15, 0.2) is 0 Å². The summed E-state index contributed by atoms with van der Waals surface area (Å²) < 4.78 is 0. The Balaban J connectivity index is 2.59. The average molecular weight is 261 g/mol. The minimum Gasteiger partial charge on any atom is -0.0842 e. The average Bonchev–Trinajstić information content (AvgIpc) is 2.46. The van der Waals surface area contributed by atoms with Crippen molar-refractivity contribution in [3.05, 3.63) is 109 Å². The molecule has 0 heteroatoms. The monoisotopic (exact) mass is 261 g/mol. The van der Waals surface area contributed by atoms with E-state index in [0.717, 1.165) is 12.8 Å². The van der Waals surface area contributed by atoms with Gasteiger partial charge in [-0.15, -0.1) is 0 Å². The maximum atomic E-state index is 3.23. The van der Waals surface area contributed by atoms with Gasteiger partial charge in [0.05, 0.1) is 0 Å². The standard InChI is InChI=1S/C20H21/c1-2-4-6-8-10-12-14-16-18-20-19-17-15-13-11-9-7-5-3-1/h1-17H,18,20H2/b3-1+,4-2-,7-5+,8-6+,11-9-,12-10+,15-13+,16-14+,19-17?. The van der Waals surface area contributed by atoms with E-state index in [-0.39, 0.29) is 0 Å². The van der Waals surface area contributed by atoms with Gasteiger partial charge in [0.2, 0.25) is 0 Å². The Hall–Kier alpha value is -2.34. The molecular weight excluding hydrogens is 240 g/mol. The van der Waals surface area contributed by atoms with Crippen molar-refractivity contribution in [2.75, 3.05) is 0 Å². The van der Waals surface area contributed by atoms with Crippen molar-refractivity contribution in [3.8, 4) is 0 Å². The number of hydrogen-bond acceptors (Lipinski definition) is 0. The smallest absolute Gasteiger partial charge is 0.0241 e. The van der Waals surface area contributed by atoms with Crippen LogP contribution in [0.4, 0.5) is 0 Å². The largest absolute Gasteiger partial charge is 0.0842 e. The molecule has 101 valence electrons. The summed E-state index contributed by atoms with van der Waals surface area (Å²) in [5, 5.41) is 0. The topological polar surface area (TPSA) is 0 Å². The minimum absolute atomic E-state index is 0.946. The van der Waals surface area contributed by atoms with Gasteiger partial charge in [0.1, 0.15) is 0 Å². The molecule has 1 rings (SSSR count). The molecular formula is C20H21. The molecule has 0 aromatic carbocycles. The summed E-state index contributed by atoms with van der Waals surface area (Å²) in [4.78, 5) is 0. The maximum absolute atomic E-state index is 3.23. The third-order valence-electron chi connectivity index (χ3n) is 2.36. The van der Waals surface area contributed by atoms with Gasteiger partial charge in [-0.2, -0.15) is 0 Å². The Kier molecular flexibility index (Phi) is 10.3. The normalized spacial score (nSPS) is 31.2. The first kappa shape index (κ1) is 15.7. The number of allylic oxidation sites excluding steroid dienone is 18. The molecule has 0 heterocycles. The molecule has 0 aliphatic heterocycles. The fourth-order valence-electron chi connectivity index (χ4n) is 1.38. The summed E-state index contributed by atoms with van der Waals surface area (Å²) in [6.45, 7) is 0. The molecule has 0 unspecified atom stereocenters. The van der Waals surface area contributed by atoms with E-state index < -0.39 is 0 Å². The van der Waals surface area contributed by atoms with Gasteiger partial charge >= 0.3 is 0 Å². The molecule has 0 spiro atoms. The van der Waals surface area contributed by atoms with Crippen LogP contribution in [-0.4, -0.2) is 0 Å². The van der Waals surface area contributed by atoms with Gasteiger partial charge in [0.25, 0.3) is 0 Å². The molecule has 0 saturated heterocycles. The molecule has 0 atom stereocenters. The lowest BCUT2D eigenvalue weighted by molar-refractivity contribution is 1.03. The SMILES string of the molecule is [C]1=C/C=C/C=C\C=C\C=C\C=C/C=C/C=C/C=C/CC/1. The summed E-state index contributed by atoms with van der Waals surface area (Å²) in [7, 11) is 0. The van der Waals surface area contributed by atoms with E-state index in [4.69, 9.17) is 0 Å². The van der Waals surface area contributed by atoms with Crippen LogP contribution >= 0.6 is 0 Å². The van der Waals surface area contributed by atoms with Gasteiger partial charge < -0.3 is 0 Å². The van der Waals surface area contributed by atoms with Crippen LogP contribution in [0.2, 0.25) is 0 Å². The highest BCUT2D eigenvalue weighted by molar-refractivity contribution is 5.21. The molecule has 1 radical (unpaired) electrons. The van der Waals surface area contributed by atoms with Crippen LogP contribution in [0.15, 0.2) is 103 Å². The first-order valence-corrected chi connectivity index (χ1v) is 6.88. The van der Waals surface area contributed by atoms with Crippen molar-refractivity contribution in [2.45, 2.75) is 12.8 Å². The van der Waals surface area contributed by atoms with Gasteiger partial charge in [-0.1, -0.05) is 103 Å². The van der Waals surface area contributed by atoms with E-state index in [1.165, 1.54) is 0 Å². The Morgan fingerprint density at radius 2 is 0.850 bits per heavy atom. The second kappa shape index (κ2) is 13.1. The molecule has 0 fully saturated rings. The summed E-state index contributed by atoms with van der Waals surface area (Å²) >= 11 is 0. The lowest BCUT2D eigenvalue weighted by Gasteiger charge is -1.83. The van der Waals surface area contributed by atoms with Gasteiger partial charge in [-0.3, -0.25) is 0 Å². The number of hydrogen-bond donors (Lipinski definition) is 0. The van der Waals surface area contributed by atoms with Crippen LogP contribution in [-0.2, 0) is 0 Å². The highest BCUT2D eigenvalue weighted by Crippen LogP contribution is 1.93. The minimum atomic E-state index is 0.946. The fraction of sp³-hybridized carbons (Fsp3) is 0.100. The molecule has 20 heavy (non-hydrogen) atoms. The molecule has 0 amide bonds. The lowest BCUT2D eigenvalue weighted by atomic mass is 10.2. The lowest BCUT2D eigenvalue weighted by Crippen LogP contribution is -1.64.